The SMILES string of the molecule is NS(=O)(=O)c1cccc(NC2=N[N+]3(c4ccccc4-c4ccccc4)C=CN=CC3=N2)c1. The van der Waals surface area contributed by atoms with Gasteiger partial charge in [0.05, 0.1) is 11.1 Å². The molecule has 32 heavy (non-hydrogen) atoms. The number of hydrogen-bond acceptors (Lipinski definition) is 6. The summed E-state index contributed by atoms with van der Waals surface area (Å²) < 4.78 is 23.4. The number of aliphatic imine (C=N–C) groups is 2. The molecule has 0 saturated heterocycles. The van der Waals surface area contributed by atoms with Gasteiger partial charge in [-0.05, 0) is 34.9 Å². The van der Waals surface area contributed by atoms with Gasteiger partial charge in [-0.1, -0.05) is 53.1 Å². The largest absolute Gasteiger partial charge is 0.320 e. The van der Waals surface area contributed by atoms with E-state index in [-0.39, 0.29) is 9.49 Å². The Hall–Kier alpha value is -3.92. The Morgan fingerprint density at radius 1 is 0.906 bits per heavy atom. The summed E-state index contributed by atoms with van der Waals surface area (Å²) in [6.07, 6.45) is 5.21. The Bertz CT molecular complexity index is 1430. The highest BCUT2D eigenvalue weighted by molar-refractivity contribution is 7.89. The van der Waals surface area contributed by atoms with Crippen LogP contribution in [-0.4, -0.2) is 26.4 Å². The van der Waals surface area contributed by atoms with Crippen molar-refractivity contribution in [3.8, 4) is 11.1 Å². The highest BCUT2D eigenvalue weighted by Crippen LogP contribution is 2.39. The Morgan fingerprint density at radius 3 is 2.50 bits per heavy atom. The minimum atomic E-state index is -3.82. The molecule has 3 aromatic rings. The third-order valence-electron chi connectivity index (χ3n) is 5.16. The van der Waals surface area contributed by atoms with E-state index >= 15 is 0 Å². The molecule has 3 N–H and O–H groups in total. The lowest BCUT2D eigenvalue weighted by Gasteiger charge is -2.26. The average Bonchev–Trinajstić information content (AvgIpc) is 3.18. The number of primary sulfonamides is 1. The lowest BCUT2D eigenvalue weighted by Crippen LogP contribution is -2.44. The minimum absolute atomic E-state index is 0.00573. The van der Waals surface area contributed by atoms with E-state index in [4.69, 9.17) is 10.2 Å². The fourth-order valence-corrected chi connectivity index (χ4v) is 4.26. The van der Waals surface area contributed by atoms with Crippen molar-refractivity contribution >= 4 is 39.4 Å². The number of sulfonamides is 1. The number of benzene rings is 3. The smallest absolute Gasteiger partial charge is 0.287 e. The van der Waals surface area contributed by atoms with Crippen molar-refractivity contribution in [3.63, 3.8) is 0 Å². The first-order valence-electron chi connectivity index (χ1n) is 9.80. The van der Waals surface area contributed by atoms with Crippen LogP contribution < -0.4 is 15.0 Å². The third-order valence-corrected chi connectivity index (χ3v) is 6.07. The normalized spacial score (nSPS) is 19.3. The van der Waals surface area contributed by atoms with Crippen LogP contribution in [-0.2, 0) is 10.0 Å². The lowest BCUT2D eigenvalue weighted by molar-refractivity contribution is 0.594. The standard InChI is InChI=1S/C23H19N6O2S/c24-32(30,31)19-10-6-9-18(15-19)26-23-27-22-16-25-13-14-29(22,28-23)21-12-5-4-11-20(21)17-7-2-1-3-8-17/h1-16H,(H,26,28)(H2,24,30,31)/q+1. The molecule has 0 aromatic heterocycles. The van der Waals surface area contributed by atoms with Gasteiger partial charge in [-0.25, -0.2) is 13.6 Å². The summed E-state index contributed by atoms with van der Waals surface area (Å²) in [6.45, 7) is 0. The number of nitrogens with zero attached hydrogens (tertiary/aromatic N) is 4. The van der Waals surface area contributed by atoms with Crippen molar-refractivity contribution in [2.45, 2.75) is 4.90 Å². The van der Waals surface area contributed by atoms with Crippen LogP contribution in [0.15, 0.2) is 111 Å². The quantitative estimate of drug-likeness (QED) is 0.601. The first-order valence-corrected chi connectivity index (χ1v) is 11.3. The molecule has 2 heterocycles. The molecule has 1 unspecified atom stereocenters. The van der Waals surface area contributed by atoms with Crippen molar-refractivity contribution in [3.05, 3.63) is 91.3 Å². The first kappa shape index (κ1) is 20.0. The van der Waals surface area contributed by atoms with Crippen molar-refractivity contribution in [2.75, 3.05) is 5.32 Å². The topological polar surface area (TPSA) is 109 Å². The second-order valence-electron chi connectivity index (χ2n) is 7.24. The van der Waals surface area contributed by atoms with Crippen LogP contribution >= 0.6 is 0 Å². The zero-order valence-corrected chi connectivity index (χ0v) is 17.6. The van der Waals surface area contributed by atoms with Crippen LogP contribution in [0.5, 0.6) is 0 Å². The van der Waals surface area contributed by atoms with Crippen LogP contribution in [0, 0.1) is 0 Å². The van der Waals surface area contributed by atoms with Gasteiger partial charge in [0, 0.05) is 17.3 Å². The Labute approximate surface area is 185 Å². The first-order chi connectivity index (χ1) is 15.5. The number of amidine groups is 1. The second-order valence-corrected chi connectivity index (χ2v) is 8.80. The number of hydrogen-bond donors (Lipinski definition) is 2. The number of quaternary nitrogens is 1. The average molecular weight is 444 g/mol. The van der Waals surface area contributed by atoms with Crippen molar-refractivity contribution in [2.24, 2.45) is 20.2 Å². The molecule has 0 radical (unpaired) electrons. The van der Waals surface area contributed by atoms with Crippen LogP contribution in [0.3, 0.4) is 0 Å². The van der Waals surface area contributed by atoms with E-state index in [9.17, 15) is 8.42 Å². The van der Waals surface area contributed by atoms with E-state index < -0.39 is 10.0 Å². The molecule has 0 amide bonds. The maximum Gasteiger partial charge on any atom is 0.287 e. The van der Waals surface area contributed by atoms with Crippen LogP contribution in [0.4, 0.5) is 11.4 Å². The van der Waals surface area contributed by atoms with E-state index in [1.165, 1.54) is 12.1 Å². The van der Waals surface area contributed by atoms with E-state index in [1.807, 2.05) is 60.8 Å². The molecule has 158 valence electrons. The molecule has 1 atom stereocenters. The van der Waals surface area contributed by atoms with Gasteiger partial charge in [-0.15, -0.1) is 0 Å². The van der Waals surface area contributed by atoms with Gasteiger partial charge < -0.3 is 5.32 Å². The molecular weight excluding hydrogens is 424 g/mol. The molecule has 8 nitrogen and oxygen atoms in total. The molecule has 9 heteroatoms. The van der Waals surface area contributed by atoms with Crippen LogP contribution in [0.1, 0.15) is 0 Å². The Balaban J connectivity index is 1.59. The molecule has 2 aliphatic rings. The van der Waals surface area contributed by atoms with Gasteiger partial charge in [0.25, 0.3) is 11.8 Å². The highest BCUT2D eigenvalue weighted by atomic mass is 32.2. The van der Waals surface area contributed by atoms with Crippen LogP contribution in [0.25, 0.3) is 11.1 Å². The Kier molecular flexibility index (Phi) is 4.78. The third kappa shape index (κ3) is 3.54. The number of nitrogens with two attached hydrogens (primary N) is 1. The molecule has 0 bridgehead atoms. The van der Waals surface area contributed by atoms with Gasteiger partial charge in [-0.3, -0.25) is 4.99 Å². The number of para-hydroxylation sites is 1. The van der Waals surface area contributed by atoms with E-state index in [1.54, 1.807) is 24.5 Å². The summed E-state index contributed by atoms with van der Waals surface area (Å²) in [5, 5.41) is 13.2. The second kappa shape index (κ2) is 7.65. The van der Waals surface area contributed by atoms with Gasteiger partial charge in [0.1, 0.15) is 6.21 Å². The van der Waals surface area contributed by atoms with Crippen molar-refractivity contribution < 1.29 is 8.42 Å². The Morgan fingerprint density at radius 2 is 1.69 bits per heavy atom. The predicted octanol–water partition coefficient (Wildman–Crippen LogP) is 3.66. The molecule has 2 aliphatic heterocycles. The summed E-state index contributed by atoms with van der Waals surface area (Å²) in [5.41, 5.74) is 3.50. The van der Waals surface area contributed by atoms with E-state index in [0.29, 0.717) is 17.5 Å². The van der Waals surface area contributed by atoms with Gasteiger partial charge >= 0.3 is 0 Å². The summed E-state index contributed by atoms with van der Waals surface area (Å²) in [5.74, 6) is 0.938. The number of nitrogens with one attached hydrogen (secondary N) is 1. The zero-order chi connectivity index (χ0) is 22.2. The summed E-state index contributed by atoms with van der Waals surface area (Å²) in [6, 6.07) is 24.3. The van der Waals surface area contributed by atoms with E-state index in [2.05, 4.69) is 15.3 Å². The number of anilines is 1. The number of fused-ring (bicyclic) bond motifs is 1. The molecule has 0 spiro atoms. The minimum Gasteiger partial charge on any atom is -0.320 e. The monoisotopic (exact) mass is 443 g/mol. The fourth-order valence-electron chi connectivity index (χ4n) is 3.70. The molecule has 0 aliphatic carbocycles. The molecule has 3 aromatic carbocycles. The van der Waals surface area contributed by atoms with Gasteiger partial charge in [0.2, 0.25) is 10.0 Å². The van der Waals surface area contributed by atoms with Crippen molar-refractivity contribution in [1.29, 1.82) is 0 Å². The molecule has 0 saturated carbocycles. The number of rotatable bonds is 4. The zero-order valence-electron chi connectivity index (χ0n) is 16.8. The maximum absolute atomic E-state index is 11.7. The molecule has 5 rings (SSSR count). The summed E-state index contributed by atoms with van der Waals surface area (Å²) >= 11 is 0. The fraction of sp³-hybridized carbons (Fsp3) is 0. The van der Waals surface area contributed by atoms with Gasteiger partial charge in [0.15, 0.2) is 11.9 Å². The summed E-state index contributed by atoms with van der Waals surface area (Å²) in [7, 11) is -3.82. The van der Waals surface area contributed by atoms with Crippen LogP contribution in [0.2, 0.25) is 0 Å². The molecule has 0 fully saturated rings. The number of guanidine groups is 1. The van der Waals surface area contributed by atoms with E-state index in [0.717, 1.165) is 16.8 Å². The lowest BCUT2D eigenvalue weighted by atomic mass is 10.0. The molecular formula is C23H19N6O2S+. The summed E-state index contributed by atoms with van der Waals surface area (Å²) in [4.78, 5) is 8.86. The maximum atomic E-state index is 11.7. The van der Waals surface area contributed by atoms with Gasteiger partial charge in [-0.2, -0.15) is 4.99 Å². The highest BCUT2D eigenvalue weighted by Gasteiger charge is 2.44. The predicted molar refractivity (Wildman–Crippen MR) is 128 cm³/mol. The van der Waals surface area contributed by atoms with Crippen molar-refractivity contribution in [1.82, 2.24) is 4.59 Å².